The zero-order valence-electron chi connectivity index (χ0n) is 11.1. The van der Waals surface area contributed by atoms with Crippen molar-refractivity contribution < 1.29 is 13.2 Å². The summed E-state index contributed by atoms with van der Waals surface area (Å²) < 4.78 is 24.5. The molecule has 2 rings (SSSR count). The van der Waals surface area contributed by atoms with Gasteiger partial charge in [0.1, 0.15) is 0 Å². The minimum Gasteiger partial charge on any atom is -0.324 e. The molecule has 0 aliphatic carbocycles. The van der Waals surface area contributed by atoms with Crippen LogP contribution in [-0.4, -0.2) is 37.5 Å². The van der Waals surface area contributed by atoms with Gasteiger partial charge in [0.25, 0.3) is 0 Å². The number of hydrogen-bond donors (Lipinski definition) is 1. The summed E-state index contributed by atoms with van der Waals surface area (Å²) >= 11 is 0. The molecule has 1 N–H and O–H groups in total. The Morgan fingerprint density at radius 2 is 1.95 bits per heavy atom. The van der Waals surface area contributed by atoms with Crippen molar-refractivity contribution in [2.75, 3.05) is 24.2 Å². The Labute approximate surface area is 113 Å². The molecule has 0 radical (unpaired) electrons. The summed E-state index contributed by atoms with van der Waals surface area (Å²) in [5.74, 6) is -0.146. The number of amides is 1. The Bertz CT molecular complexity index is 576. The minimum atomic E-state index is -3.22. The molecule has 6 heteroatoms. The number of aryl methyl sites for hydroxylation is 2. The number of hydrogen-bond acceptors (Lipinski definition) is 3. The van der Waals surface area contributed by atoms with E-state index in [0.717, 1.165) is 16.8 Å². The highest BCUT2D eigenvalue weighted by Crippen LogP contribution is 2.20. The van der Waals surface area contributed by atoms with Gasteiger partial charge in [-0.15, -0.1) is 0 Å². The Balaban J connectivity index is 2.06. The van der Waals surface area contributed by atoms with Crippen LogP contribution < -0.4 is 5.32 Å². The van der Waals surface area contributed by atoms with Gasteiger partial charge in [-0.1, -0.05) is 18.2 Å². The lowest BCUT2D eigenvalue weighted by atomic mass is 10.1. The zero-order valence-corrected chi connectivity index (χ0v) is 12.0. The van der Waals surface area contributed by atoms with Crippen molar-refractivity contribution in [3.63, 3.8) is 0 Å². The lowest BCUT2D eigenvalue weighted by molar-refractivity contribution is -0.116. The SMILES string of the molecule is Cc1cccc(C)c1NC(=O)CN1CCCS1(=O)=O. The van der Waals surface area contributed by atoms with Gasteiger partial charge >= 0.3 is 0 Å². The number of carbonyl (C=O) groups excluding carboxylic acids is 1. The van der Waals surface area contributed by atoms with Crippen LogP contribution in [-0.2, 0) is 14.8 Å². The fourth-order valence-electron chi connectivity index (χ4n) is 2.22. The van der Waals surface area contributed by atoms with Crippen LogP contribution in [0.15, 0.2) is 18.2 Å². The topological polar surface area (TPSA) is 66.5 Å². The molecule has 1 heterocycles. The second kappa shape index (κ2) is 5.30. The van der Waals surface area contributed by atoms with Crippen LogP contribution in [0.5, 0.6) is 0 Å². The molecule has 0 aromatic heterocycles. The molecule has 0 unspecified atom stereocenters. The first kappa shape index (κ1) is 14.0. The Kier molecular flexibility index (Phi) is 3.91. The van der Waals surface area contributed by atoms with Crippen molar-refractivity contribution in [3.8, 4) is 0 Å². The van der Waals surface area contributed by atoms with E-state index in [4.69, 9.17) is 0 Å². The molecule has 1 amide bonds. The van der Waals surface area contributed by atoms with Crippen molar-refractivity contribution in [2.45, 2.75) is 20.3 Å². The van der Waals surface area contributed by atoms with Crippen molar-refractivity contribution in [1.29, 1.82) is 0 Å². The second-order valence-corrected chi connectivity index (χ2v) is 6.91. The van der Waals surface area contributed by atoms with E-state index in [9.17, 15) is 13.2 Å². The van der Waals surface area contributed by atoms with E-state index in [0.29, 0.717) is 13.0 Å². The highest BCUT2D eigenvalue weighted by molar-refractivity contribution is 7.89. The molecule has 1 aliphatic rings. The molecule has 1 aromatic rings. The van der Waals surface area contributed by atoms with Crippen molar-refractivity contribution >= 4 is 21.6 Å². The van der Waals surface area contributed by atoms with E-state index in [1.807, 2.05) is 32.0 Å². The molecule has 1 aliphatic heterocycles. The van der Waals surface area contributed by atoms with Crippen LogP contribution >= 0.6 is 0 Å². The van der Waals surface area contributed by atoms with E-state index in [1.165, 1.54) is 4.31 Å². The summed E-state index contributed by atoms with van der Waals surface area (Å²) in [5.41, 5.74) is 2.71. The molecule has 1 aromatic carbocycles. The number of benzene rings is 1. The molecule has 1 fully saturated rings. The van der Waals surface area contributed by atoms with Gasteiger partial charge in [-0.05, 0) is 31.4 Å². The predicted octanol–water partition coefficient (Wildman–Crippen LogP) is 1.28. The van der Waals surface area contributed by atoms with E-state index in [1.54, 1.807) is 0 Å². The maximum Gasteiger partial charge on any atom is 0.239 e. The number of para-hydroxylation sites is 1. The van der Waals surface area contributed by atoms with Gasteiger partial charge in [0.05, 0.1) is 12.3 Å². The summed E-state index contributed by atoms with van der Waals surface area (Å²) in [4.78, 5) is 11.9. The van der Waals surface area contributed by atoms with Crippen LogP contribution in [0, 0.1) is 13.8 Å². The summed E-state index contributed by atoms with van der Waals surface area (Å²) in [7, 11) is -3.22. The number of rotatable bonds is 3. The fourth-order valence-corrected chi connectivity index (χ4v) is 3.69. The van der Waals surface area contributed by atoms with Gasteiger partial charge in [-0.25, -0.2) is 8.42 Å². The molecule has 0 atom stereocenters. The monoisotopic (exact) mass is 282 g/mol. The van der Waals surface area contributed by atoms with E-state index in [-0.39, 0.29) is 18.2 Å². The number of anilines is 1. The van der Waals surface area contributed by atoms with Gasteiger partial charge in [0.2, 0.25) is 15.9 Å². The van der Waals surface area contributed by atoms with Crippen LogP contribution in [0.2, 0.25) is 0 Å². The van der Waals surface area contributed by atoms with Gasteiger partial charge < -0.3 is 5.32 Å². The van der Waals surface area contributed by atoms with Crippen molar-refractivity contribution in [1.82, 2.24) is 4.31 Å². The largest absolute Gasteiger partial charge is 0.324 e. The summed E-state index contributed by atoms with van der Waals surface area (Å²) in [6.07, 6.45) is 0.596. The molecule has 0 saturated carbocycles. The Morgan fingerprint density at radius 3 is 2.47 bits per heavy atom. The third kappa shape index (κ3) is 3.13. The van der Waals surface area contributed by atoms with Crippen molar-refractivity contribution in [2.24, 2.45) is 0 Å². The maximum atomic E-state index is 11.9. The standard InChI is InChI=1S/C13H18N2O3S/c1-10-5-3-6-11(2)13(10)14-12(16)9-15-7-4-8-19(15,17)18/h3,5-6H,4,7-9H2,1-2H3,(H,14,16). The highest BCUT2D eigenvalue weighted by atomic mass is 32.2. The number of nitrogens with one attached hydrogen (secondary N) is 1. The van der Waals surface area contributed by atoms with Crippen LogP contribution in [0.1, 0.15) is 17.5 Å². The molecule has 1 saturated heterocycles. The molecule has 0 bridgehead atoms. The number of carbonyl (C=O) groups is 1. The smallest absolute Gasteiger partial charge is 0.239 e. The average Bonchev–Trinajstić information content (AvgIpc) is 2.64. The molecule has 0 spiro atoms. The lowest BCUT2D eigenvalue weighted by Gasteiger charge is -2.16. The Morgan fingerprint density at radius 1 is 1.32 bits per heavy atom. The van der Waals surface area contributed by atoms with Gasteiger partial charge in [-0.2, -0.15) is 4.31 Å². The number of sulfonamides is 1. The predicted molar refractivity (Wildman–Crippen MR) is 74.5 cm³/mol. The van der Waals surface area contributed by atoms with Crippen LogP contribution in [0.3, 0.4) is 0 Å². The molecular formula is C13H18N2O3S. The third-order valence-corrected chi connectivity index (χ3v) is 5.17. The lowest BCUT2D eigenvalue weighted by Crippen LogP contribution is -2.34. The molecule has 104 valence electrons. The van der Waals surface area contributed by atoms with E-state index < -0.39 is 10.0 Å². The minimum absolute atomic E-state index is 0.101. The summed E-state index contributed by atoms with van der Waals surface area (Å²) in [5, 5.41) is 2.80. The zero-order chi connectivity index (χ0) is 14.0. The number of nitrogens with zero attached hydrogens (tertiary/aromatic N) is 1. The van der Waals surface area contributed by atoms with Crippen LogP contribution in [0.4, 0.5) is 5.69 Å². The molecular weight excluding hydrogens is 264 g/mol. The van der Waals surface area contributed by atoms with E-state index >= 15 is 0 Å². The summed E-state index contributed by atoms with van der Waals surface area (Å²) in [6, 6.07) is 5.75. The first-order valence-electron chi connectivity index (χ1n) is 6.24. The Hall–Kier alpha value is -1.40. The highest BCUT2D eigenvalue weighted by Gasteiger charge is 2.29. The first-order chi connectivity index (χ1) is 8.90. The average molecular weight is 282 g/mol. The van der Waals surface area contributed by atoms with Crippen LogP contribution in [0.25, 0.3) is 0 Å². The van der Waals surface area contributed by atoms with E-state index in [2.05, 4.69) is 5.32 Å². The van der Waals surface area contributed by atoms with Gasteiger partial charge in [0.15, 0.2) is 0 Å². The summed E-state index contributed by atoms with van der Waals surface area (Å²) in [6.45, 7) is 4.16. The normalized spacial score (nSPS) is 18.4. The van der Waals surface area contributed by atoms with Gasteiger partial charge in [0, 0.05) is 12.2 Å². The molecule has 5 nitrogen and oxygen atoms in total. The third-order valence-electron chi connectivity index (χ3n) is 3.27. The van der Waals surface area contributed by atoms with Crippen molar-refractivity contribution in [3.05, 3.63) is 29.3 Å². The second-order valence-electron chi connectivity index (χ2n) is 4.82. The first-order valence-corrected chi connectivity index (χ1v) is 7.85. The van der Waals surface area contributed by atoms with Gasteiger partial charge in [-0.3, -0.25) is 4.79 Å². The molecule has 19 heavy (non-hydrogen) atoms. The quantitative estimate of drug-likeness (QED) is 0.908. The fraction of sp³-hybridized carbons (Fsp3) is 0.462. The maximum absolute atomic E-state index is 11.9.